The van der Waals surface area contributed by atoms with E-state index in [1.807, 2.05) is 6.92 Å². The van der Waals surface area contributed by atoms with Gasteiger partial charge in [0, 0.05) is 23.7 Å². The van der Waals surface area contributed by atoms with Crippen LogP contribution in [0.25, 0.3) is 0 Å². The minimum Gasteiger partial charge on any atom is -0.483 e. The summed E-state index contributed by atoms with van der Waals surface area (Å²) in [5.41, 5.74) is 1.63. The molecule has 0 atom stereocenters. The molecule has 2 aromatic carbocycles. The van der Waals surface area contributed by atoms with Gasteiger partial charge in [-0.2, -0.15) is 5.26 Å². The summed E-state index contributed by atoms with van der Waals surface area (Å²) in [5.74, 6) is -0.526. The number of aryl methyl sites for hydroxylation is 1. The van der Waals surface area contributed by atoms with Crippen molar-refractivity contribution < 1.29 is 23.5 Å². The van der Waals surface area contributed by atoms with E-state index in [9.17, 15) is 19.2 Å². The fourth-order valence-corrected chi connectivity index (χ4v) is 4.12. The highest BCUT2D eigenvalue weighted by molar-refractivity contribution is 6.31. The summed E-state index contributed by atoms with van der Waals surface area (Å²) in [6.07, 6.45) is 1.56. The first kappa shape index (κ1) is 24.5. The second kappa shape index (κ2) is 10.7. The van der Waals surface area contributed by atoms with Crippen LogP contribution in [-0.2, 0) is 27.2 Å². The monoisotopic (exact) mass is 472 g/mol. The van der Waals surface area contributed by atoms with Gasteiger partial charge in [-0.3, -0.25) is 9.59 Å². The van der Waals surface area contributed by atoms with Crippen LogP contribution in [0.5, 0.6) is 5.75 Å². The van der Waals surface area contributed by atoms with Gasteiger partial charge in [-0.15, -0.1) is 0 Å². The van der Waals surface area contributed by atoms with E-state index in [4.69, 9.17) is 21.1 Å². The lowest BCUT2D eigenvalue weighted by Crippen LogP contribution is -2.45. The minimum atomic E-state index is -0.587. The number of carbonyl (C=O) groups is 2. The predicted molar refractivity (Wildman–Crippen MR) is 121 cm³/mol. The summed E-state index contributed by atoms with van der Waals surface area (Å²) in [6.45, 7) is 2.50. The molecule has 1 amide bonds. The maximum atomic E-state index is 13.2. The van der Waals surface area contributed by atoms with Crippen molar-refractivity contribution >= 4 is 23.5 Å². The molecular formula is C25H26ClFN2O4. The molecular weight excluding hydrogens is 447 g/mol. The second-order valence-corrected chi connectivity index (χ2v) is 8.73. The Kier molecular flexibility index (Phi) is 7.93. The Morgan fingerprint density at radius 2 is 1.88 bits per heavy atom. The summed E-state index contributed by atoms with van der Waals surface area (Å²) >= 11 is 6.18. The highest BCUT2D eigenvalue weighted by atomic mass is 35.5. The Hall–Kier alpha value is -3.11. The SMILES string of the molecule is COC(=O)Cc1cc(Cl)c(C)cc1OCC(=O)N1CCC(C#N)(Cc2ccc(F)cc2)CC1. The number of likely N-dealkylation sites (tertiary alicyclic amines) is 1. The number of ether oxygens (including phenoxy) is 2. The molecule has 0 aliphatic carbocycles. The molecule has 174 valence electrons. The molecule has 1 fully saturated rings. The Labute approximate surface area is 197 Å². The third-order valence-corrected chi connectivity index (χ3v) is 6.43. The largest absolute Gasteiger partial charge is 0.483 e. The third-order valence-electron chi connectivity index (χ3n) is 6.02. The Morgan fingerprint density at radius 1 is 1.21 bits per heavy atom. The molecule has 0 aromatic heterocycles. The van der Waals surface area contributed by atoms with Crippen LogP contribution in [0.2, 0.25) is 5.02 Å². The van der Waals surface area contributed by atoms with Gasteiger partial charge in [0.25, 0.3) is 5.91 Å². The highest BCUT2D eigenvalue weighted by Crippen LogP contribution is 2.35. The summed E-state index contributed by atoms with van der Waals surface area (Å²) in [7, 11) is 1.30. The Balaban J connectivity index is 1.60. The number of amides is 1. The normalized spacial score (nSPS) is 14.9. The van der Waals surface area contributed by atoms with Crippen molar-refractivity contribution in [3.63, 3.8) is 0 Å². The Morgan fingerprint density at radius 3 is 2.48 bits per heavy atom. The molecule has 1 aliphatic rings. The fourth-order valence-electron chi connectivity index (χ4n) is 3.93. The predicted octanol–water partition coefficient (Wildman–Crippen LogP) is 4.26. The molecule has 1 heterocycles. The first-order valence-corrected chi connectivity index (χ1v) is 11.0. The molecule has 8 heteroatoms. The summed E-state index contributed by atoms with van der Waals surface area (Å²) in [6, 6.07) is 11.9. The number of carbonyl (C=O) groups excluding carboxylic acids is 2. The first-order valence-electron chi connectivity index (χ1n) is 10.7. The molecule has 6 nitrogen and oxygen atoms in total. The van der Waals surface area contributed by atoms with Crippen molar-refractivity contribution in [3.8, 4) is 11.8 Å². The van der Waals surface area contributed by atoms with E-state index in [0.29, 0.717) is 48.7 Å². The van der Waals surface area contributed by atoms with Crippen LogP contribution in [0.4, 0.5) is 4.39 Å². The summed E-state index contributed by atoms with van der Waals surface area (Å²) in [4.78, 5) is 26.2. The van der Waals surface area contributed by atoms with Gasteiger partial charge in [0.05, 0.1) is 25.0 Å². The number of nitriles is 1. The maximum Gasteiger partial charge on any atom is 0.310 e. The van der Waals surface area contributed by atoms with Crippen LogP contribution in [0.3, 0.4) is 0 Å². The number of hydrogen-bond donors (Lipinski definition) is 0. The van der Waals surface area contributed by atoms with E-state index in [-0.39, 0.29) is 24.8 Å². The number of piperidine rings is 1. The molecule has 1 aliphatic heterocycles. The number of esters is 1. The lowest BCUT2D eigenvalue weighted by atomic mass is 9.75. The smallest absolute Gasteiger partial charge is 0.310 e. The van der Waals surface area contributed by atoms with Crippen molar-refractivity contribution in [2.75, 3.05) is 26.8 Å². The van der Waals surface area contributed by atoms with Crippen LogP contribution in [0.15, 0.2) is 36.4 Å². The van der Waals surface area contributed by atoms with Gasteiger partial charge in [-0.05, 0) is 61.6 Å². The summed E-state index contributed by atoms with van der Waals surface area (Å²) in [5, 5.41) is 10.3. The maximum absolute atomic E-state index is 13.2. The van der Waals surface area contributed by atoms with Crippen molar-refractivity contribution in [2.45, 2.75) is 32.6 Å². The van der Waals surface area contributed by atoms with Crippen molar-refractivity contribution in [2.24, 2.45) is 5.41 Å². The third kappa shape index (κ3) is 6.23. The van der Waals surface area contributed by atoms with Gasteiger partial charge in [-0.25, -0.2) is 4.39 Å². The zero-order valence-corrected chi connectivity index (χ0v) is 19.5. The Bertz CT molecular complexity index is 1060. The lowest BCUT2D eigenvalue weighted by molar-refractivity contribution is -0.139. The summed E-state index contributed by atoms with van der Waals surface area (Å²) < 4.78 is 23.7. The van der Waals surface area contributed by atoms with Crippen molar-refractivity contribution in [1.29, 1.82) is 5.26 Å². The van der Waals surface area contributed by atoms with E-state index in [2.05, 4.69) is 6.07 Å². The quantitative estimate of drug-likeness (QED) is 0.562. The van der Waals surface area contributed by atoms with Crippen LogP contribution >= 0.6 is 11.6 Å². The van der Waals surface area contributed by atoms with Gasteiger partial charge < -0.3 is 14.4 Å². The first-order chi connectivity index (χ1) is 15.7. The molecule has 0 N–H and O–H groups in total. The average Bonchev–Trinajstić information content (AvgIpc) is 2.82. The number of methoxy groups -OCH3 is 1. The lowest BCUT2D eigenvalue weighted by Gasteiger charge is -2.37. The molecule has 1 saturated heterocycles. The zero-order valence-electron chi connectivity index (χ0n) is 18.7. The van der Waals surface area contributed by atoms with Crippen LogP contribution in [-0.4, -0.2) is 43.6 Å². The molecule has 0 spiro atoms. The van der Waals surface area contributed by atoms with Crippen molar-refractivity contribution in [3.05, 3.63) is 63.9 Å². The number of hydrogen-bond acceptors (Lipinski definition) is 5. The van der Waals surface area contributed by atoms with E-state index >= 15 is 0 Å². The standard InChI is InChI=1S/C25H26ClFN2O4/c1-17-11-22(19(12-21(17)26)13-24(31)32-2)33-15-23(30)29-9-7-25(16-28,8-10-29)14-18-3-5-20(27)6-4-18/h3-6,11-12H,7-10,13-15H2,1-2H3. The number of halogens is 2. The van der Waals surface area contributed by atoms with Gasteiger partial charge >= 0.3 is 5.97 Å². The van der Waals surface area contributed by atoms with Crippen molar-refractivity contribution in [1.82, 2.24) is 4.90 Å². The molecule has 0 bridgehead atoms. The highest BCUT2D eigenvalue weighted by Gasteiger charge is 2.36. The molecule has 0 unspecified atom stereocenters. The number of nitrogens with zero attached hydrogens (tertiary/aromatic N) is 2. The van der Waals surface area contributed by atoms with Crippen LogP contribution in [0, 0.1) is 29.5 Å². The zero-order chi connectivity index (χ0) is 24.0. The fraction of sp³-hybridized carbons (Fsp3) is 0.400. The second-order valence-electron chi connectivity index (χ2n) is 8.33. The molecule has 33 heavy (non-hydrogen) atoms. The molecule has 0 saturated carbocycles. The molecule has 0 radical (unpaired) electrons. The van der Waals surface area contributed by atoms with Crippen LogP contribution < -0.4 is 4.74 Å². The average molecular weight is 473 g/mol. The van der Waals surface area contributed by atoms with E-state index in [1.165, 1.54) is 19.2 Å². The van der Waals surface area contributed by atoms with Gasteiger partial charge in [0.2, 0.25) is 0 Å². The topological polar surface area (TPSA) is 79.6 Å². The minimum absolute atomic E-state index is 0.0161. The molecule has 3 rings (SSSR count). The van der Waals surface area contributed by atoms with Gasteiger partial charge in [-0.1, -0.05) is 23.7 Å². The van der Waals surface area contributed by atoms with E-state index in [1.54, 1.807) is 29.2 Å². The van der Waals surface area contributed by atoms with E-state index in [0.717, 1.165) is 11.1 Å². The van der Waals surface area contributed by atoms with Gasteiger partial charge in [0.1, 0.15) is 11.6 Å². The van der Waals surface area contributed by atoms with Crippen LogP contribution in [0.1, 0.15) is 29.5 Å². The van der Waals surface area contributed by atoms with E-state index < -0.39 is 11.4 Å². The number of rotatable bonds is 7. The number of benzene rings is 2. The van der Waals surface area contributed by atoms with Gasteiger partial charge in [0.15, 0.2) is 6.61 Å². The molecule has 2 aromatic rings.